The maximum Gasteiger partial charge on any atom is 0.159 e. The fraction of sp³-hybridized carbons (Fsp3) is 0. The van der Waals surface area contributed by atoms with Crippen LogP contribution in [0, 0.1) is 0 Å². The highest BCUT2D eigenvalue weighted by atomic mass is 16.3. The Bertz CT molecular complexity index is 3560. The van der Waals surface area contributed by atoms with E-state index in [1.165, 1.54) is 21.9 Å². The van der Waals surface area contributed by atoms with Crippen molar-refractivity contribution >= 4 is 71.7 Å². The number of anilines is 3. The van der Waals surface area contributed by atoms with Gasteiger partial charge in [-0.1, -0.05) is 176 Å². The van der Waals surface area contributed by atoms with E-state index >= 15 is 0 Å². The van der Waals surface area contributed by atoms with Crippen LogP contribution in [0.2, 0.25) is 0 Å². The van der Waals surface area contributed by atoms with Crippen molar-refractivity contribution in [1.29, 1.82) is 0 Å². The van der Waals surface area contributed by atoms with Crippen molar-refractivity contribution in [3.8, 4) is 44.5 Å². The zero-order valence-corrected chi connectivity index (χ0v) is 33.1. The molecule has 0 atom stereocenters. The van der Waals surface area contributed by atoms with E-state index in [2.05, 4.69) is 223 Å². The summed E-state index contributed by atoms with van der Waals surface area (Å²) in [6, 6.07) is 79.6. The van der Waals surface area contributed by atoms with Crippen LogP contribution in [0.15, 0.2) is 233 Å². The van der Waals surface area contributed by atoms with Gasteiger partial charge in [0.05, 0.1) is 5.69 Å². The Morgan fingerprint density at radius 1 is 0.295 bits per heavy atom. The summed E-state index contributed by atoms with van der Waals surface area (Å²) in [5, 5.41) is 6.90. The Morgan fingerprint density at radius 2 is 0.836 bits per heavy atom. The number of para-hydroxylation sites is 2. The van der Waals surface area contributed by atoms with E-state index in [9.17, 15) is 0 Å². The molecular weight excluding hydrogens is 743 g/mol. The van der Waals surface area contributed by atoms with Crippen molar-refractivity contribution in [2.75, 3.05) is 4.90 Å². The number of fused-ring (bicyclic) bond motifs is 7. The Balaban J connectivity index is 0.982. The van der Waals surface area contributed by atoms with Gasteiger partial charge in [-0.3, -0.25) is 0 Å². The van der Waals surface area contributed by atoms with Crippen LogP contribution in [0.1, 0.15) is 0 Å². The molecule has 0 N–H and O–H groups in total. The van der Waals surface area contributed by atoms with Gasteiger partial charge in [0, 0.05) is 38.5 Å². The molecule has 0 fully saturated rings. The molecule has 10 aromatic carbocycles. The third-order valence-corrected chi connectivity index (χ3v) is 12.1. The second-order valence-corrected chi connectivity index (χ2v) is 15.6. The molecule has 0 unspecified atom stereocenters. The number of benzene rings is 10. The SMILES string of the molecule is c1ccc(-c2cccc3c2oc2cc(-c4ccc(N(c5ccc(-c6cccc7ccccc67)cc5)c5cccc6c5oc5cccc(-c7ccccc7)c56)cc4)ccc23)cc1. The third kappa shape index (κ3) is 5.90. The molecule has 0 saturated heterocycles. The number of hydrogen-bond acceptors (Lipinski definition) is 3. The molecule has 3 nitrogen and oxygen atoms in total. The van der Waals surface area contributed by atoms with Crippen molar-refractivity contribution < 1.29 is 8.83 Å². The molecule has 0 spiro atoms. The zero-order chi connectivity index (χ0) is 40.3. The molecule has 12 aromatic rings. The average Bonchev–Trinajstić information content (AvgIpc) is 3.91. The first kappa shape index (κ1) is 34.9. The van der Waals surface area contributed by atoms with E-state index in [0.717, 1.165) is 94.3 Å². The Morgan fingerprint density at radius 3 is 1.62 bits per heavy atom. The van der Waals surface area contributed by atoms with Gasteiger partial charge >= 0.3 is 0 Å². The monoisotopic (exact) mass is 779 g/mol. The number of rotatable bonds is 7. The van der Waals surface area contributed by atoms with Crippen LogP contribution in [0.5, 0.6) is 0 Å². The quantitative estimate of drug-likeness (QED) is 0.161. The van der Waals surface area contributed by atoms with Crippen LogP contribution in [-0.2, 0) is 0 Å². The maximum atomic E-state index is 6.85. The van der Waals surface area contributed by atoms with Crippen LogP contribution in [0.25, 0.3) is 99.2 Å². The first-order chi connectivity index (χ1) is 30.2. The topological polar surface area (TPSA) is 29.5 Å². The second kappa shape index (κ2) is 14.3. The zero-order valence-electron chi connectivity index (χ0n) is 33.1. The molecule has 286 valence electrons. The fourth-order valence-corrected chi connectivity index (χ4v) is 9.19. The normalized spacial score (nSPS) is 11.6. The number of nitrogens with zero attached hydrogens (tertiary/aromatic N) is 1. The molecule has 2 aromatic heterocycles. The van der Waals surface area contributed by atoms with E-state index in [0.29, 0.717) is 0 Å². The van der Waals surface area contributed by atoms with Crippen molar-refractivity contribution in [2.24, 2.45) is 0 Å². The summed E-state index contributed by atoms with van der Waals surface area (Å²) in [4.78, 5) is 2.32. The van der Waals surface area contributed by atoms with Gasteiger partial charge in [0.2, 0.25) is 0 Å². The molecule has 0 radical (unpaired) electrons. The fourth-order valence-electron chi connectivity index (χ4n) is 9.19. The molecule has 0 aliphatic carbocycles. The van der Waals surface area contributed by atoms with E-state index in [1.54, 1.807) is 0 Å². The van der Waals surface area contributed by atoms with Gasteiger partial charge in [-0.15, -0.1) is 0 Å². The van der Waals surface area contributed by atoms with Crippen LogP contribution in [0.3, 0.4) is 0 Å². The number of hydrogen-bond donors (Lipinski definition) is 0. The average molecular weight is 780 g/mol. The number of furan rings is 2. The van der Waals surface area contributed by atoms with Gasteiger partial charge in [-0.2, -0.15) is 0 Å². The minimum absolute atomic E-state index is 0.841. The van der Waals surface area contributed by atoms with Crippen LogP contribution in [0.4, 0.5) is 17.1 Å². The second-order valence-electron chi connectivity index (χ2n) is 15.6. The van der Waals surface area contributed by atoms with Crippen LogP contribution < -0.4 is 4.90 Å². The van der Waals surface area contributed by atoms with E-state index < -0.39 is 0 Å². The van der Waals surface area contributed by atoms with Crippen LogP contribution in [-0.4, -0.2) is 0 Å². The predicted molar refractivity (Wildman–Crippen MR) is 255 cm³/mol. The first-order valence-corrected chi connectivity index (χ1v) is 20.7. The molecule has 0 bridgehead atoms. The van der Waals surface area contributed by atoms with Gasteiger partial charge < -0.3 is 13.7 Å². The lowest BCUT2D eigenvalue weighted by molar-refractivity contribution is 0.669. The smallest absolute Gasteiger partial charge is 0.159 e. The van der Waals surface area contributed by atoms with Gasteiger partial charge in [-0.25, -0.2) is 0 Å². The highest BCUT2D eigenvalue weighted by Gasteiger charge is 2.22. The lowest BCUT2D eigenvalue weighted by Gasteiger charge is -2.26. The van der Waals surface area contributed by atoms with E-state index in [-0.39, 0.29) is 0 Å². The minimum atomic E-state index is 0.841. The Labute approximate surface area is 353 Å². The van der Waals surface area contributed by atoms with Crippen molar-refractivity contribution in [3.05, 3.63) is 224 Å². The summed E-state index contributed by atoms with van der Waals surface area (Å²) in [5.74, 6) is 0. The van der Waals surface area contributed by atoms with Gasteiger partial charge in [0.1, 0.15) is 16.7 Å². The molecule has 0 aliphatic rings. The summed E-state index contributed by atoms with van der Waals surface area (Å²) in [5.41, 5.74) is 15.7. The van der Waals surface area contributed by atoms with E-state index in [4.69, 9.17) is 8.83 Å². The van der Waals surface area contributed by atoms with Crippen LogP contribution >= 0.6 is 0 Å². The lowest BCUT2D eigenvalue weighted by atomic mass is 9.97. The molecule has 3 heteroatoms. The largest absolute Gasteiger partial charge is 0.455 e. The van der Waals surface area contributed by atoms with Gasteiger partial charge in [0.25, 0.3) is 0 Å². The summed E-state index contributed by atoms with van der Waals surface area (Å²) in [7, 11) is 0. The highest BCUT2D eigenvalue weighted by Crippen LogP contribution is 2.45. The first-order valence-electron chi connectivity index (χ1n) is 20.7. The molecule has 2 heterocycles. The summed E-state index contributed by atoms with van der Waals surface area (Å²) < 4.78 is 13.5. The summed E-state index contributed by atoms with van der Waals surface area (Å²) >= 11 is 0. The predicted octanol–water partition coefficient (Wildman–Crippen LogP) is 16.8. The standard InChI is InChI=1S/C58H37NO2/c1-3-13-40(14-4-1)48-21-12-26-54-56(48)52-24-11-25-53(58(52)60-54)59(45-34-29-42(30-35-45)47-20-9-18-39-17-7-8-19-46(39)47)44-32-27-38(28-33-44)43-31-36-50-51-23-10-22-49(41-15-5-2-6-16-41)57(51)61-55(50)37-43/h1-37H. The van der Waals surface area contributed by atoms with Crippen molar-refractivity contribution in [1.82, 2.24) is 0 Å². The van der Waals surface area contributed by atoms with Gasteiger partial charge in [0.15, 0.2) is 5.58 Å². The van der Waals surface area contributed by atoms with Crippen molar-refractivity contribution in [2.45, 2.75) is 0 Å². The minimum Gasteiger partial charge on any atom is -0.455 e. The summed E-state index contributed by atoms with van der Waals surface area (Å²) in [6.45, 7) is 0. The van der Waals surface area contributed by atoms with Crippen molar-refractivity contribution in [3.63, 3.8) is 0 Å². The van der Waals surface area contributed by atoms with Gasteiger partial charge in [-0.05, 0) is 98.2 Å². The molecule has 0 amide bonds. The lowest BCUT2D eigenvalue weighted by Crippen LogP contribution is -2.10. The molecule has 12 rings (SSSR count). The molecular formula is C58H37NO2. The molecule has 61 heavy (non-hydrogen) atoms. The Hall–Kier alpha value is -8.14. The Kier molecular flexibility index (Phi) is 8.17. The highest BCUT2D eigenvalue weighted by molar-refractivity contribution is 6.16. The van der Waals surface area contributed by atoms with E-state index in [1.807, 2.05) is 6.07 Å². The molecule has 0 saturated carbocycles. The third-order valence-electron chi connectivity index (χ3n) is 12.1. The molecule has 0 aliphatic heterocycles. The summed E-state index contributed by atoms with van der Waals surface area (Å²) in [6.07, 6.45) is 0. The maximum absolute atomic E-state index is 6.85.